The first-order chi connectivity index (χ1) is 9.44. The van der Waals surface area contributed by atoms with Gasteiger partial charge < -0.3 is 10.9 Å². The summed E-state index contributed by atoms with van der Waals surface area (Å²) < 4.78 is 0. The third kappa shape index (κ3) is 3.37. The highest BCUT2D eigenvalue weighted by Gasteiger charge is 2.34. The Kier molecular flexibility index (Phi) is 4.78. The Morgan fingerprint density at radius 1 is 1.40 bits per heavy atom. The molecule has 0 spiro atoms. The molecule has 1 aliphatic heterocycles. The minimum Gasteiger partial charge on any atom is -0.409 e. The Morgan fingerprint density at radius 2 is 2.05 bits per heavy atom. The zero-order chi connectivity index (χ0) is 14.8. The second-order valence-corrected chi connectivity index (χ2v) is 6.40. The van der Waals surface area contributed by atoms with Crippen molar-refractivity contribution in [3.05, 3.63) is 33.8 Å². The van der Waals surface area contributed by atoms with Gasteiger partial charge in [0.15, 0.2) is 0 Å². The van der Waals surface area contributed by atoms with Crippen LogP contribution in [-0.2, 0) is 6.54 Å². The molecular weight excluding hydrogens is 297 g/mol. The van der Waals surface area contributed by atoms with E-state index in [-0.39, 0.29) is 5.41 Å². The summed E-state index contributed by atoms with van der Waals surface area (Å²) in [5.74, 6) is 0.321. The van der Waals surface area contributed by atoms with Crippen molar-refractivity contribution in [3.8, 4) is 0 Å². The van der Waals surface area contributed by atoms with Gasteiger partial charge in [0.1, 0.15) is 5.84 Å². The van der Waals surface area contributed by atoms with Gasteiger partial charge in [-0.15, -0.1) is 0 Å². The third-order valence-electron chi connectivity index (χ3n) is 4.09. The maximum atomic E-state index is 8.84. The second-order valence-electron chi connectivity index (χ2n) is 5.56. The minimum absolute atomic E-state index is 0.213. The van der Waals surface area contributed by atoms with E-state index in [1.807, 2.05) is 19.1 Å². The van der Waals surface area contributed by atoms with Crippen molar-refractivity contribution >= 4 is 29.0 Å². The van der Waals surface area contributed by atoms with Gasteiger partial charge in [0, 0.05) is 22.0 Å². The van der Waals surface area contributed by atoms with E-state index >= 15 is 0 Å². The topological polar surface area (TPSA) is 61.9 Å². The molecule has 0 amide bonds. The number of piperidine rings is 1. The molecule has 0 atom stereocenters. The Balaban J connectivity index is 1.98. The molecule has 20 heavy (non-hydrogen) atoms. The van der Waals surface area contributed by atoms with Crippen LogP contribution in [0.4, 0.5) is 0 Å². The summed E-state index contributed by atoms with van der Waals surface area (Å²) in [7, 11) is 0. The van der Waals surface area contributed by atoms with Crippen molar-refractivity contribution in [1.29, 1.82) is 0 Å². The van der Waals surface area contributed by atoms with E-state index in [4.69, 9.17) is 34.1 Å². The van der Waals surface area contributed by atoms with Crippen LogP contribution in [0, 0.1) is 5.41 Å². The molecule has 4 nitrogen and oxygen atoms in total. The van der Waals surface area contributed by atoms with Crippen molar-refractivity contribution in [3.63, 3.8) is 0 Å². The van der Waals surface area contributed by atoms with Gasteiger partial charge in [-0.25, -0.2) is 0 Å². The lowest BCUT2D eigenvalue weighted by atomic mass is 9.79. The molecule has 3 N–H and O–H groups in total. The van der Waals surface area contributed by atoms with E-state index in [1.54, 1.807) is 6.07 Å². The van der Waals surface area contributed by atoms with Crippen LogP contribution in [0.1, 0.15) is 25.3 Å². The largest absolute Gasteiger partial charge is 0.409 e. The highest BCUT2D eigenvalue weighted by molar-refractivity contribution is 6.35. The fourth-order valence-electron chi connectivity index (χ4n) is 2.47. The standard InChI is InChI=1S/C14H19Cl2N3O/c1-14(13(17)18-20)4-6-19(7-5-14)9-10-2-3-11(15)8-12(10)16/h2-3,8,20H,4-7,9H2,1H3,(H2,17,18). The fourth-order valence-corrected chi connectivity index (χ4v) is 2.94. The van der Waals surface area contributed by atoms with Crippen LogP contribution in [0.15, 0.2) is 23.4 Å². The molecule has 0 bridgehead atoms. The van der Waals surface area contributed by atoms with Crippen molar-refractivity contribution in [1.82, 2.24) is 4.90 Å². The lowest BCUT2D eigenvalue weighted by molar-refractivity contribution is 0.153. The van der Waals surface area contributed by atoms with Crippen molar-refractivity contribution in [2.24, 2.45) is 16.3 Å². The van der Waals surface area contributed by atoms with Crippen LogP contribution >= 0.6 is 23.2 Å². The molecule has 110 valence electrons. The number of hydrogen-bond acceptors (Lipinski definition) is 3. The van der Waals surface area contributed by atoms with Crippen LogP contribution in [0.2, 0.25) is 10.0 Å². The summed E-state index contributed by atoms with van der Waals surface area (Å²) in [6, 6.07) is 5.58. The maximum Gasteiger partial charge on any atom is 0.145 e. The molecule has 0 unspecified atom stereocenters. The Bertz CT molecular complexity index is 511. The number of likely N-dealkylation sites (tertiary alicyclic amines) is 1. The Labute approximate surface area is 129 Å². The van der Waals surface area contributed by atoms with Crippen molar-refractivity contribution in [2.45, 2.75) is 26.3 Å². The highest BCUT2D eigenvalue weighted by Crippen LogP contribution is 2.32. The molecule has 2 rings (SSSR count). The first-order valence-electron chi connectivity index (χ1n) is 6.59. The van der Waals surface area contributed by atoms with Crippen LogP contribution in [0.3, 0.4) is 0 Å². The van der Waals surface area contributed by atoms with Crippen LogP contribution in [0.25, 0.3) is 0 Å². The number of amidine groups is 1. The first-order valence-corrected chi connectivity index (χ1v) is 7.34. The quantitative estimate of drug-likeness (QED) is 0.389. The monoisotopic (exact) mass is 315 g/mol. The molecular formula is C14H19Cl2N3O. The SMILES string of the molecule is CC1(/C(N)=N/O)CCN(Cc2ccc(Cl)cc2Cl)CC1. The van der Waals surface area contributed by atoms with Crippen LogP contribution in [0.5, 0.6) is 0 Å². The molecule has 0 aliphatic carbocycles. The van der Waals surface area contributed by atoms with E-state index in [0.29, 0.717) is 15.9 Å². The zero-order valence-electron chi connectivity index (χ0n) is 11.4. The lowest BCUT2D eigenvalue weighted by Crippen LogP contribution is -2.45. The summed E-state index contributed by atoms with van der Waals surface area (Å²) in [5.41, 5.74) is 6.63. The summed E-state index contributed by atoms with van der Waals surface area (Å²) in [5, 5.41) is 13.3. The summed E-state index contributed by atoms with van der Waals surface area (Å²) in [6.07, 6.45) is 1.74. The lowest BCUT2D eigenvalue weighted by Gasteiger charge is -2.38. The van der Waals surface area contributed by atoms with Crippen LogP contribution < -0.4 is 5.73 Å². The number of nitrogens with two attached hydrogens (primary N) is 1. The smallest absolute Gasteiger partial charge is 0.145 e. The van der Waals surface area contributed by atoms with Crippen molar-refractivity contribution < 1.29 is 5.21 Å². The molecule has 0 saturated carbocycles. The molecule has 1 fully saturated rings. The molecule has 1 saturated heterocycles. The summed E-state index contributed by atoms with van der Waals surface area (Å²) in [4.78, 5) is 2.32. The third-order valence-corrected chi connectivity index (χ3v) is 4.68. The zero-order valence-corrected chi connectivity index (χ0v) is 13.0. The number of hydrogen-bond donors (Lipinski definition) is 2. The molecule has 1 aliphatic rings. The molecule has 0 radical (unpaired) electrons. The number of benzene rings is 1. The van der Waals surface area contributed by atoms with Gasteiger partial charge in [-0.3, -0.25) is 4.90 Å². The van der Waals surface area contributed by atoms with Crippen molar-refractivity contribution in [2.75, 3.05) is 13.1 Å². The van der Waals surface area contributed by atoms with Gasteiger partial charge in [-0.1, -0.05) is 41.3 Å². The predicted molar refractivity (Wildman–Crippen MR) is 82.5 cm³/mol. The summed E-state index contributed by atoms with van der Waals surface area (Å²) in [6.45, 7) is 4.62. The van der Waals surface area contributed by atoms with Gasteiger partial charge in [-0.2, -0.15) is 0 Å². The van der Waals surface area contributed by atoms with E-state index in [1.165, 1.54) is 0 Å². The molecule has 1 aromatic carbocycles. The average Bonchev–Trinajstić information content (AvgIpc) is 2.43. The molecule has 1 heterocycles. The van der Waals surface area contributed by atoms with E-state index < -0.39 is 0 Å². The van der Waals surface area contributed by atoms with E-state index in [9.17, 15) is 0 Å². The predicted octanol–water partition coefficient (Wildman–Crippen LogP) is 3.34. The van der Waals surface area contributed by atoms with Crippen LogP contribution in [-0.4, -0.2) is 29.0 Å². The Morgan fingerprint density at radius 3 is 2.60 bits per heavy atom. The van der Waals surface area contributed by atoms with Gasteiger partial charge in [-0.05, 0) is 43.6 Å². The number of oxime groups is 1. The number of nitrogens with zero attached hydrogens (tertiary/aromatic N) is 2. The maximum absolute atomic E-state index is 8.84. The fraction of sp³-hybridized carbons (Fsp3) is 0.500. The normalized spacial score (nSPS) is 20.1. The Hall–Kier alpha value is -0.970. The van der Waals surface area contributed by atoms with Gasteiger partial charge in [0.2, 0.25) is 0 Å². The van der Waals surface area contributed by atoms with Gasteiger partial charge in [0.05, 0.1) is 0 Å². The van der Waals surface area contributed by atoms with Gasteiger partial charge in [0.25, 0.3) is 0 Å². The van der Waals surface area contributed by atoms with E-state index in [2.05, 4.69) is 10.1 Å². The average molecular weight is 316 g/mol. The second kappa shape index (κ2) is 6.20. The first kappa shape index (κ1) is 15.4. The number of halogens is 2. The van der Waals surface area contributed by atoms with E-state index in [0.717, 1.165) is 38.0 Å². The van der Waals surface area contributed by atoms with Gasteiger partial charge >= 0.3 is 0 Å². The molecule has 1 aromatic rings. The number of rotatable bonds is 3. The molecule has 0 aromatic heterocycles. The highest BCUT2D eigenvalue weighted by atomic mass is 35.5. The minimum atomic E-state index is -0.213. The molecule has 6 heteroatoms. The summed E-state index contributed by atoms with van der Waals surface area (Å²) >= 11 is 12.1.